The summed E-state index contributed by atoms with van der Waals surface area (Å²) in [6.07, 6.45) is 17.7. The van der Waals surface area contributed by atoms with Gasteiger partial charge in [-0.15, -0.1) is 0 Å². The lowest BCUT2D eigenvalue weighted by molar-refractivity contribution is 0.730. The van der Waals surface area contributed by atoms with E-state index in [0.717, 1.165) is 79.7 Å². The van der Waals surface area contributed by atoms with Crippen LogP contribution in [0.4, 0.5) is 0 Å². The van der Waals surface area contributed by atoms with Gasteiger partial charge in [-0.05, 0) is 42.2 Å². The van der Waals surface area contributed by atoms with Crippen molar-refractivity contribution in [3.8, 4) is 11.3 Å². The maximum Gasteiger partial charge on any atom is 0.165 e. The van der Waals surface area contributed by atoms with E-state index >= 15 is 0 Å². The molecule has 0 bridgehead atoms. The number of pyridine rings is 2. The fourth-order valence-electron chi connectivity index (χ4n) is 6.78. The third-order valence-electron chi connectivity index (χ3n) is 9.09. The molecule has 0 spiro atoms. The highest BCUT2D eigenvalue weighted by molar-refractivity contribution is 6.08. The molecule has 0 N–H and O–H groups in total. The molecule has 3 aromatic carbocycles. The van der Waals surface area contributed by atoms with Gasteiger partial charge in [-0.2, -0.15) is 0 Å². The van der Waals surface area contributed by atoms with E-state index in [1.54, 1.807) is 0 Å². The van der Waals surface area contributed by atoms with Gasteiger partial charge in [0.2, 0.25) is 0 Å². The van der Waals surface area contributed by atoms with Crippen LogP contribution in [0, 0.1) is 5.92 Å². The SMILES string of the molecule is C1=CC(C2=CCC(c3nc(-c4ccccc4)c4ccccc4n3)C=C2)CC=C1c1nc2c(nc3ccccn32)c2ccccc12. The molecule has 0 saturated carbocycles. The van der Waals surface area contributed by atoms with E-state index in [1.807, 2.05) is 36.5 Å². The first kappa shape index (κ1) is 25.8. The van der Waals surface area contributed by atoms with Crippen molar-refractivity contribution in [2.45, 2.75) is 18.8 Å². The first-order valence-corrected chi connectivity index (χ1v) is 15.5. The third kappa shape index (κ3) is 4.39. The van der Waals surface area contributed by atoms with Gasteiger partial charge in [0.25, 0.3) is 0 Å². The topological polar surface area (TPSA) is 56.0 Å². The van der Waals surface area contributed by atoms with E-state index in [-0.39, 0.29) is 5.92 Å². The van der Waals surface area contributed by atoms with E-state index in [0.29, 0.717) is 5.92 Å². The Bertz CT molecular complexity index is 2390. The van der Waals surface area contributed by atoms with Gasteiger partial charge in [0.15, 0.2) is 5.65 Å². The van der Waals surface area contributed by atoms with Crippen molar-refractivity contribution < 1.29 is 0 Å². The fourth-order valence-corrected chi connectivity index (χ4v) is 6.78. The fraction of sp³-hybridized carbons (Fsp3) is 0.100. The highest BCUT2D eigenvalue weighted by Crippen LogP contribution is 2.37. The Morgan fingerprint density at radius 3 is 2.16 bits per heavy atom. The standard InChI is InChI=1S/C40H29N5/c1-2-10-28(11-3-1)37-33-14-6-7-15-34(33)41-39(43-37)30-23-19-27(20-24-30)26-17-21-29(22-18-26)36-31-12-4-5-13-32(31)38-40(44-36)45-25-9-8-16-35(45)42-38/h1-17,19-23,25-26,30H,18,24H2. The second-order valence-corrected chi connectivity index (χ2v) is 11.8. The number of imidazole rings is 1. The van der Waals surface area contributed by atoms with Crippen LogP contribution in [0.1, 0.15) is 30.3 Å². The highest BCUT2D eigenvalue weighted by Gasteiger charge is 2.22. The van der Waals surface area contributed by atoms with Crippen molar-refractivity contribution in [2.75, 3.05) is 0 Å². The molecule has 9 rings (SSSR count). The van der Waals surface area contributed by atoms with Crippen molar-refractivity contribution in [1.29, 1.82) is 0 Å². The molecule has 2 aliphatic carbocycles. The van der Waals surface area contributed by atoms with Crippen molar-refractivity contribution in [3.63, 3.8) is 0 Å². The number of fused-ring (bicyclic) bond motifs is 6. The van der Waals surface area contributed by atoms with E-state index in [1.165, 1.54) is 5.57 Å². The van der Waals surface area contributed by atoms with Gasteiger partial charge >= 0.3 is 0 Å². The summed E-state index contributed by atoms with van der Waals surface area (Å²) in [6, 6.07) is 33.3. The molecule has 214 valence electrons. The average Bonchev–Trinajstić information content (AvgIpc) is 3.50. The summed E-state index contributed by atoms with van der Waals surface area (Å²) in [6.45, 7) is 0. The minimum Gasteiger partial charge on any atom is -0.284 e. The van der Waals surface area contributed by atoms with Gasteiger partial charge in [-0.25, -0.2) is 19.9 Å². The lowest BCUT2D eigenvalue weighted by Gasteiger charge is -2.22. The summed E-state index contributed by atoms with van der Waals surface area (Å²) >= 11 is 0. The molecule has 45 heavy (non-hydrogen) atoms. The van der Waals surface area contributed by atoms with Gasteiger partial charge < -0.3 is 0 Å². The maximum atomic E-state index is 5.19. The normalized spacial score (nSPS) is 18.1. The summed E-state index contributed by atoms with van der Waals surface area (Å²) in [5.41, 5.74) is 9.36. The van der Waals surface area contributed by atoms with Gasteiger partial charge in [-0.3, -0.25) is 4.40 Å². The summed E-state index contributed by atoms with van der Waals surface area (Å²) in [7, 11) is 0. The molecule has 2 atom stereocenters. The smallest absolute Gasteiger partial charge is 0.165 e. The summed E-state index contributed by atoms with van der Waals surface area (Å²) in [5, 5.41) is 3.35. The Morgan fingerprint density at radius 1 is 0.578 bits per heavy atom. The Hall–Kier alpha value is -5.68. The minimum atomic E-state index is 0.146. The van der Waals surface area contributed by atoms with Crippen molar-refractivity contribution in [3.05, 3.63) is 157 Å². The van der Waals surface area contributed by atoms with Crippen molar-refractivity contribution in [2.24, 2.45) is 5.92 Å². The van der Waals surface area contributed by atoms with E-state index in [4.69, 9.17) is 19.9 Å². The van der Waals surface area contributed by atoms with Crippen LogP contribution in [0.15, 0.2) is 145 Å². The second-order valence-electron chi connectivity index (χ2n) is 11.8. The number of rotatable bonds is 4. The molecule has 5 nitrogen and oxygen atoms in total. The molecule has 4 aromatic heterocycles. The molecule has 0 aliphatic heterocycles. The summed E-state index contributed by atoms with van der Waals surface area (Å²) in [4.78, 5) is 20.2. The molecule has 5 heteroatoms. The zero-order valence-electron chi connectivity index (χ0n) is 24.6. The van der Waals surface area contributed by atoms with Crippen LogP contribution in [0.5, 0.6) is 0 Å². The zero-order chi connectivity index (χ0) is 29.7. The molecular formula is C40H29N5. The lowest BCUT2D eigenvalue weighted by atomic mass is 9.84. The Kier molecular flexibility index (Phi) is 6.01. The van der Waals surface area contributed by atoms with Crippen LogP contribution in [-0.4, -0.2) is 24.3 Å². The van der Waals surface area contributed by atoms with Crippen LogP contribution in [0.25, 0.3) is 55.3 Å². The number of benzene rings is 3. The van der Waals surface area contributed by atoms with Gasteiger partial charge in [0.05, 0.1) is 16.9 Å². The highest BCUT2D eigenvalue weighted by atomic mass is 15.1. The first-order valence-electron chi connectivity index (χ1n) is 15.5. The monoisotopic (exact) mass is 579 g/mol. The Balaban J connectivity index is 0.997. The average molecular weight is 580 g/mol. The quantitative estimate of drug-likeness (QED) is 0.209. The van der Waals surface area contributed by atoms with E-state index in [2.05, 4.69) is 108 Å². The van der Waals surface area contributed by atoms with Crippen LogP contribution < -0.4 is 0 Å². The number of aromatic nitrogens is 5. The number of hydrogen-bond donors (Lipinski definition) is 0. The molecule has 2 aliphatic rings. The Morgan fingerprint density at radius 2 is 1.33 bits per heavy atom. The molecule has 0 fully saturated rings. The maximum absolute atomic E-state index is 5.19. The molecular weight excluding hydrogens is 550 g/mol. The molecule has 0 amide bonds. The largest absolute Gasteiger partial charge is 0.284 e. The lowest BCUT2D eigenvalue weighted by Crippen LogP contribution is -2.09. The first-order chi connectivity index (χ1) is 22.3. The van der Waals surface area contributed by atoms with Crippen LogP contribution in [0.2, 0.25) is 0 Å². The minimum absolute atomic E-state index is 0.146. The molecule has 2 unspecified atom stereocenters. The van der Waals surface area contributed by atoms with Gasteiger partial charge in [0, 0.05) is 39.8 Å². The van der Waals surface area contributed by atoms with Crippen LogP contribution >= 0.6 is 0 Å². The van der Waals surface area contributed by atoms with E-state index in [9.17, 15) is 0 Å². The zero-order valence-corrected chi connectivity index (χ0v) is 24.6. The van der Waals surface area contributed by atoms with Crippen LogP contribution in [-0.2, 0) is 0 Å². The predicted molar refractivity (Wildman–Crippen MR) is 183 cm³/mol. The third-order valence-corrected chi connectivity index (χ3v) is 9.09. The number of hydrogen-bond acceptors (Lipinski definition) is 4. The number of allylic oxidation sites excluding steroid dienone is 8. The van der Waals surface area contributed by atoms with Crippen LogP contribution in [0.3, 0.4) is 0 Å². The summed E-state index contributed by atoms with van der Waals surface area (Å²) < 4.78 is 2.08. The second kappa shape index (κ2) is 10.5. The molecule has 0 radical (unpaired) electrons. The predicted octanol–water partition coefficient (Wildman–Crippen LogP) is 9.28. The molecule has 4 heterocycles. The van der Waals surface area contributed by atoms with Crippen molar-refractivity contribution in [1.82, 2.24) is 24.3 Å². The number of nitrogens with zero attached hydrogens (tertiary/aromatic N) is 5. The molecule has 7 aromatic rings. The van der Waals surface area contributed by atoms with Gasteiger partial charge in [0.1, 0.15) is 17.0 Å². The summed E-state index contributed by atoms with van der Waals surface area (Å²) in [5.74, 6) is 1.35. The van der Waals surface area contributed by atoms with Gasteiger partial charge in [-0.1, -0.05) is 115 Å². The number of para-hydroxylation sites is 1. The molecule has 0 saturated heterocycles. The Labute approximate surface area is 260 Å². The van der Waals surface area contributed by atoms with Crippen molar-refractivity contribution >= 4 is 44.1 Å². The van der Waals surface area contributed by atoms with E-state index < -0.39 is 0 Å².